The highest BCUT2D eigenvalue weighted by Gasteiger charge is 2.26. The molecule has 118 valence electrons. The molecule has 1 amide bonds. The number of hydrogen-bond donors (Lipinski definition) is 2. The molecular weight excluding hydrogens is 286 g/mol. The van der Waals surface area contributed by atoms with Crippen molar-refractivity contribution in [2.45, 2.75) is 18.9 Å². The van der Waals surface area contributed by atoms with Crippen LogP contribution >= 0.6 is 0 Å². The molecule has 1 atom stereocenters. The number of nitrogens with one attached hydrogen (secondary N) is 1. The maximum Gasteiger partial charge on any atom is 0.419 e. The van der Waals surface area contributed by atoms with E-state index in [-0.39, 0.29) is 11.8 Å². The Morgan fingerprint density at radius 1 is 1.41 bits per heavy atom. The summed E-state index contributed by atoms with van der Waals surface area (Å²) in [7, 11) is 1.63. The lowest BCUT2D eigenvalue weighted by Gasteiger charge is -2.26. The van der Waals surface area contributed by atoms with Gasteiger partial charge in [0.1, 0.15) is 0 Å². The molecule has 2 aromatic rings. The van der Waals surface area contributed by atoms with Crippen LogP contribution in [-0.2, 0) is 16.6 Å². The van der Waals surface area contributed by atoms with E-state index in [0.29, 0.717) is 30.0 Å². The Kier molecular flexibility index (Phi) is 4.00. The summed E-state index contributed by atoms with van der Waals surface area (Å²) in [4.78, 5) is 23.7. The number of ether oxygens (including phenoxy) is 1. The lowest BCUT2D eigenvalue weighted by atomic mass is 9.92. The summed E-state index contributed by atoms with van der Waals surface area (Å²) in [5.41, 5.74) is 7.71. The molecule has 1 saturated heterocycles. The fourth-order valence-corrected chi connectivity index (χ4v) is 2.73. The molecule has 0 saturated carbocycles. The van der Waals surface area contributed by atoms with Crippen LogP contribution in [0.25, 0.3) is 11.1 Å². The average Bonchev–Trinajstić information content (AvgIpc) is 2.81. The predicted octanol–water partition coefficient (Wildman–Crippen LogP) is 0.824. The van der Waals surface area contributed by atoms with Crippen LogP contribution < -0.4 is 16.8 Å². The highest BCUT2D eigenvalue weighted by atomic mass is 16.5. The molecule has 1 unspecified atom stereocenters. The van der Waals surface area contributed by atoms with Gasteiger partial charge in [-0.2, -0.15) is 0 Å². The molecule has 0 spiro atoms. The van der Waals surface area contributed by atoms with Gasteiger partial charge in [-0.3, -0.25) is 9.36 Å². The quantitative estimate of drug-likeness (QED) is 0.874. The van der Waals surface area contributed by atoms with E-state index < -0.39 is 11.8 Å². The monoisotopic (exact) mass is 305 g/mol. The standard InChI is InChI=1S/C15H19N3O4/c1-18-11-3-2-10(8-12(11)22-15(18)20)17-14(19)13(16)9-4-6-21-7-5-9/h2-3,8-9,13H,4-7,16H2,1H3,(H,17,19). The van der Waals surface area contributed by atoms with Crippen molar-refractivity contribution in [3.8, 4) is 0 Å². The summed E-state index contributed by atoms with van der Waals surface area (Å²) >= 11 is 0. The van der Waals surface area contributed by atoms with E-state index in [1.807, 2.05) is 0 Å². The number of aromatic nitrogens is 1. The van der Waals surface area contributed by atoms with Gasteiger partial charge in [0, 0.05) is 32.0 Å². The normalized spacial score (nSPS) is 17.5. The number of rotatable bonds is 3. The Balaban J connectivity index is 1.74. The Labute approximate surface area is 127 Å². The van der Waals surface area contributed by atoms with Gasteiger partial charge in [-0.25, -0.2) is 4.79 Å². The highest BCUT2D eigenvalue weighted by molar-refractivity contribution is 5.96. The average molecular weight is 305 g/mol. The number of oxazole rings is 1. The third-order valence-corrected chi connectivity index (χ3v) is 4.14. The SMILES string of the molecule is Cn1c(=O)oc2cc(NC(=O)C(N)C3CCOCC3)ccc21. The molecular formula is C15H19N3O4. The molecule has 1 aliphatic heterocycles. The Hall–Kier alpha value is -2.12. The second kappa shape index (κ2) is 5.94. The van der Waals surface area contributed by atoms with Crippen molar-refractivity contribution >= 4 is 22.7 Å². The van der Waals surface area contributed by atoms with Crippen LogP contribution in [0, 0.1) is 5.92 Å². The first-order chi connectivity index (χ1) is 10.6. The number of benzene rings is 1. The van der Waals surface area contributed by atoms with Crippen molar-refractivity contribution in [3.05, 3.63) is 28.7 Å². The predicted molar refractivity (Wildman–Crippen MR) is 81.6 cm³/mol. The summed E-state index contributed by atoms with van der Waals surface area (Å²) < 4.78 is 11.8. The molecule has 0 bridgehead atoms. The summed E-state index contributed by atoms with van der Waals surface area (Å²) in [6, 6.07) is 4.52. The van der Waals surface area contributed by atoms with Gasteiger partial charge < -0.3 is 20.2 Å². The van der Waals surface area contributed by atoms with E-state index >= 15 is 0 Å². The second-order valence-electron chi connectivity index (χ2n) is 5.57. The van der Waals surface area contributed by atoms with E-state index in [9.17, 15) is 9.59 Å². The number of anilines is 1. The van der Waals surface area contributed by atoms with Crippen molar-refractivity contribution in [3.63, 3.8) is 0 Å². The molecule has 1 aliphatic rings. The molecule has 7 heteroatoms. The van der Waals surface area contributed by atoms with Crippen LogP contribution in [0.5, 0.6) is 0 Å². The third-order valence-electron chi connectivity index (χ3n) is 4.14. The van der Waals surface area contributed by atoms with Crippen LogP contribution in [0.15, 0.2) is 27.4 Å². The zero-order chi connectivity index (χ0) is 15.7. The zero-order valence-corrected chi connectivity index (χ0v) is 12.4. The van der Waals surface area contributed by atoms with Crippen LogP contribution in [0.1, 0.15) is 12.8 Å². The summed E-state index contributed by atoms with van der Waals surface area (Å²) in [5.74, 6) is -0.533. The fourth-order valence-electron chi connectivity index (χ4n) is 2.73. The molecule has 3 N–H and O–H groups in total. The lowest BCUT2D eigenvalue weighted by molar-refractivity contribution is -0.119. The van der Waals surface area contributed by atoms with E-state index in [1.54, 1.807) is 25.2 Å². The molecule has 3 rings (SSSR count). The number of nitrogens with zero attached hydrogens (tertiary/aromatic N) is 1. The summed E-state index contributed by atoms with van der Waals surface area (Å²) in [6.07, 6.45) is 1.59. The molecule has 0 aliphatic carbocycles. The maximum atomic E-state index is 12.2. The number of nitrogens with two attached hydrogens (primary N) is 1. The number of carbonyl (C=O) groups excluding carboxylic acids is 1. The van der Waals surface area contributed by atoms with E-state index in [4.69, 9.17) is 14.9 Å². The second-order valence-corrected chi connectivity index (χ2v) is 5.57. The molecule has 2 heterocycles. The zero-order valence-electron chi connectivity index (χ0n) is 12.4. The first-order valence-electron chi connectivity index (χ1n) is 7.30. The molecule has 1 aromatic carbocycles. The van der Waals surface area contributed by atoms with Gasteiger partial charge in [0.15, 0.2) is 5.58 Å². The number of hydrogen-bond acceptors (Lipinski definition) is 5. The summed E-state index contributed by atoms with van der Waals surface area (Å²) in [6.45, 7) is 1.29. The van der Waals surface area contributed by atoms with Gasteiger partial charge in [-0.1, -0.05) is 0 Å². The van der Waals surface area contributed by atoms with E-state index in [2.05, 4.69) is 5.32 Å². The van der Waals surface area contributed by atoms with Gasteiger partial charge in [-0.15, -0.1) is 0 Å². The van der Waals surface area contributed by atoms with Gasteiger partial charge in [0.05, 0.1) is 11.6 Å². The Morgan fingerprint density at radius 2 is 2.14 bits per heavy atom. The van der Waals surface area contributed by atoms with Crippen molar-refractivity contribution in [1.82, 2.24) is 4.57 Å². The topological polar surface area (TPSA) is 99.5 Å². The fraction of sp³-hybridized carbons (Fsp3) is 0.467. The van der Waals surface area contributed by atoms with E-state index in [1.165, 1.54) is 4.57 Å². The highest BCUT2D eigenvalue weighted by Crippen LogP contribution is 2.21. The van der Waals surface area contributed by atoms with Crippen molar-refractivity contribution in [2.24, 2.45) is 18.7 Å². The number of aryl methyl sites for hydroxylation is 1. The summed E-state index contributed by atoms with van der Waals surface area (Å²) in [5, 5.41) is 2.78. The van der Waals surface area contributed by atoms with Crippen LogP contribution in [0.2, 0.25) is 0 Å². The maximum absolute atomic E-state index is 12.2. The van der Waals surface area contributed by atoms with Crippen LogP contribution in [0.3, 0.4) is 0 Å². The molecule has 0 radical (unpaired) electrons. The van der Waals surface area contributed by atoms with Gasteiger partial charge in [0.25, 0.3) is 0 Å². The Bertz CT molecular complexity index is 743. The minimum atomic E-state index is -0.567. The van der Waals surface area contributed by atoms with Gasteiger partial charge in [-0.05, 0) is 30.9 Å². The minimum Gasteiger partial charge on any atom is -0.408 e. The Morgan fingerprint density at radius 3 is 2.86 bits per heavy atom. The smallest absolute Gasteiger partial charge is 0.408 e. The first kappa shape index (κ1) is 14.8. The molecule has 7 nitrogen and oxygen atoms in total. The molecule has 22 heavy (non-hydrogen) atoms. The van der Waals surface area contributed by atoms with Crippen molar-refractivity contribution < 1.29 is 13.9 Å². The van der Waals surface area contributed by atoms with E-state index in [0.717, 1.165) is 12.8 Å². The van der Waals surface area contributed by atoms with Crippen molar-refractivity contribution in [1.29, 1.82) is 0 Å². The van der Waals surface area contributed by atoms with Crippen LogP contribution in [0.4, 0.5) is 5.69 Å². The number of amides is 1. The number of carbonyl (C=O) groups is 1. The van der Waals surface area contributed by atoms with Gasteiger partial charge in [0.2, 0.25) is 5.91 Å². The molecule has 1 aromatic heterocycles. The first-order valence-corrected chi connectivity index (χ1v) is 7.30. The van der Waals surface area contributed by atoms with Crippen molar-refractivity contribution in [2.75, 3.05) is 18.5 Å². The third kappa shape index (κ3) is 2.77. The lowest BCUT2D eigenvalue weighted by Crippen LogP contribution is -2.43. The number of fused-ring (bicyclic) bond motifs is 1. The minimum absolute atomic E-state index is 0.132. The largest absolute Gasteiger partial charge is 0.419 e. The van der Waals surface area contributed by atoms with Crippen LogP contribution in [-0.4, -0.2) is 29.7 Å². The molecule has 1 fully saturated rings. The van der Waals surface area contributed by atoms with Gasteiger partial charge >= 0.3 is 5.76 Å².